The molecule has 2 rings (SSSR count). The van der Waals surface area contributed by atoms with Crippen molar-refractivity contribution in [2.45, 2.75) is 13.5 Å². The fourth-order valence-electron chi connectivity index (χ4n) is 1.56. The quantitative estimate of drug-likeness (QED) is 0.839. The fraction of sp³-hybridized carbons (Fsp3) is 0.182. The zero-order valence-corrected chi connectivity index (χ0v) is 10.8. The number of aromatic nitrogens is 2. The SMILES string of the molecule is Cc1cc(NS)nn1Cc1c(F)cccc1Cl. The molecule has 0 aliphatic carbocycles. The number of thiol groups is 1. The number of aryl methyl sites for hydroxylation is 1. The summed E-state index contributed by atoms with van der Waals surface area (Å²) in [6, 6.07) is 6.45. The van der Waals surface area contributed by atoms with Crippen molar-refractivity contribution in [2.24, 2.45) is 0 Å². The van der Waals surface area contributed by atoms with Crippen LogP contribution in [0, 0.1) is 12.7 Å². The maximum atomic E-state index is 13.6. The van der Waals surface area contributed by atoms with Gasteiger partial charge in [0, 0.05) is 22.3 Å². The smallest absolute Gasteiger partial charge is 0.157 e. The lowest BCUT2D eigenvalue weighted by molar-refractivity contribution is 0.581. The molecule has 0 unspecified atom stereocenters. The van der Waals surface area contributed by atoms with Gasteiger partial charge in [0.15, 0.2) is 5.82 Å². The second kappa shape index (κ2) is 4.98. The Morgan fingerprint density at radius 1 is 1.53 bits per heavy atom. The van der Waals surface area contributed by atoms with Crippen LogP contribution in [0.1, 0.15) is 11.3 Å². The molecule has 0 saturated heterocycles. The highest BCUT2D eigenvalue weighted by molar-refractivity contribution is 7.81. The predicted molar refractivity (Wildman–Crippen MR) is 70.1 cm³/mol. The average molecular weight is 272 g/mol. The lowest BCUT2D eigenvalue weighted by Gasteiger charge is -2.07. The molecule has 0 radical (unpaired) electrons. The van der Waals surface area contributed by atoms with Crippen molar-refractivity contribution < 1.29 is 4.39 Å². The molecule has 90 valence electrons. The van der Waals surface area contributed by atoms with Crippen LogP contribution in [0.3, 0.4) is 0 Å². The minimum absolute atomic E-state index is 0.298. The van der Waals surface area contributed by atoms with Gasteiger partial charge in [0.25, 0.3) is 0 Å². The Labute approximate surface area is 109 Å². The molecule has 0 atom stereocenters. The van der Waals surface area contributed by atoms with E-state index >= 15 is 0 Å². The summed E-state index contributed by atoms with van der Waals surface area (Å²) in [4.78, 5) is 0. The van der Waals surface area contributed by atoms with E-state index in [0.29, 0.717) is 22.9 Å². The van der Waals surface area contributed by atoms with Gasteiger partial charge in [-0.1, -0.05) is 30.5 Å². The lowest BCUT2D eigenvalue weighted by atomic mass is 10.2. The van der Waals surface area contributed by atoms with Crippen LogP contribution in [0.2, 0.25) is 5.02 Å². The molecular weight excluding hydrogens is 261 g/mol. The molecule has 0 fully saturated rings. The predicted octanol–water partition coefficient (Wildman–Crippen LogP) is 3.29. The van der Waals surface area contributed by atoms with Crippen LogP contribution in [0.5, 0.6) is 0 Å². The first kappa shape index (κ1) is 12.3. The molecule has 1 aromatic carbocycles. The van der Waals surface area contributed by atoms with Gasteiger partial charge >= 0.3 is 0 Å². The summed E-state index contributed by atoms with van der Waals surface area (Å²) in [5.41, 5.74) is 1.34. The summed E-state index contributed by atoms with van der Waals surface area (Å²) in [5, 5.41) is 4.61. The summed E-state index contributed by atoms with van der Waals surface area (Å²) < 4.78 is 17.9. The Balaban J connectivity index is 2.34. The van der Waals surface area contributed by atoms with E-state index in [1.165, 1.54) is 6.07 Å². The van der Waals surface area contributed by atoms with Gasteiger partial charge in [-0.2, -0.15) is 5.10 Å². The third-order valence-corrected chi connectivity index (χ3v) is 3.05. The fourth-order valence-corrected chi connectivity index (χ4v) is 1.89. The van der Waals surface area contributed by atoms with Gasteiger partial charge in [-0.15, -0.1) is 0 Å². The molecule has 0 bridgehead atoms. The van der Waals surface area contributed by atoms with Gasteiger partial charge in [-0.25, -0.2) is 4.39 Å². The third kappa shape index (κ3) is 2.56. The largest absolute Gasteiger partial charge is 0.315 e. The van der Waals surface area contributed by atoms with Crippen LogP contribution in [0.15, 0.2) is 24.3 Å². The van der Waals surface area contributed by atoms with Crippen molar-refractivity contribution >= 4 is 30.2 Å². The molecule has 0 aliphatic heterocycles. The number of hydrogen-bond acceptors (Lipinski definition) is 3. The van der Waals surface area contributed by atoms with Crippen molar-refractivity contribution in [1.82, 2.24) is 9.78 Å². The van der Waals surface area contributed by atoms with Crippen LogP contribution in [-0.4, -0.2) is 9.78 Å². The second-order valence-corrected chi connectivity index (χ2v) is 4.27. The molecule has 6 heteroatoms. The Hall–Kier alpha value is -1.20. The normalized spacial score (nSPS) is 10.6. The van der Waals surface area contributed by atoms with E-state index in [2.05, 4.69) is 22.6 Å². The maximum absolute atomic E-state index is 13.6. The second-order valence-electron chi connectivity index (χ2n) is 3.64. The van der Waals surface area contributed by atoms with E-state index in [9.17, 15) is 4.39 Å². The summed E-state index contributed by atoms with van der Waals surface area (Å²) in [6.45, 7) is 2.18. The Kier molecular flexibility index (Phi) is 3.59. The number of halogens is 2. The maximum Gasteiger partial charge on any atom is 0.157 e. The zero-order chi connectivity index (χ0) is 12.4. The number of hydrogen-bond donors (Lipinski definition) is 2. The molecule has 1 heterocycles. The van der Waals surface area contributed by atoms with Gasteiger partial charge < -0.3 is 4.72 Å². The highest BCUT2D eigenvalue weighted by Gasteiger charge is 2.10. The molecule has 2 aromatic rings. The highest BCUT2D eigenvalue weighted by atomic mass is 35.5. The monoisotopic (exact) mass is 271 g/mol. The first-order valence-corrected chi connectivity index (χ1v) is 5.82. The van der Waals surface area contributed by atoms with Crippen LogP contribution in [-0.2, 0) is 6.54 Å². The minimum atomic E-state index is -0.326. The standard InChI is InChI=1S/C11H11ClFN3S/c1-7-5-11(15-17)14-16(7)6-8-9(12)3-2-4-10(8)13/h2-5,17H,6H2,1H3,(H,14,15). The van der Waals surface area contributed by atoms with E-state index in [1.807, 2.05) is 13.0 Å². The first-order chi connectivity index (χ1) is 8.11. The van der Waals surface area contributed by atoms with Gasteiger partial charge in [0.2, 0.25) is 0 Å². The average Bonchev–Trinajstić information content (AvgIpc) is 2.65. The molecule has 3 nitrogen and oxygen atoms in total. The molecule has 0 spiro atoms. The lowest BCUT2D eigenvalue weighted by Crippen LogP contribution is -2.06. The van der Waals surface area contributed by atoms with Crippen LogP contribution in [0.4, 0.5) is 10.2 Å². The zero-order valence-electron chi connectivity index (χ0n) is 9.11. The van der Waals surface area contributed by atoms with Gasteiger partial charge in [-0.05, 0) is 19.1 Å². The van der Waals surface area contributed by atoms with Gasteiger partial charge in [0.1, 0.15) is 5.82 Å². The van der Waals surface area contributed by atoms with Gasteiger partial charge in [-0.3, -0.25) is 4.68 Å². The topological polar surface area (TPSA) is 29.9 Å². The first-order valence-electron chi connectivity index (χ1n) is 4.99. The van der Waals surface area contributed by atoms with Crippen molar-refractivity contribution in [3.63, 3.8) is 0 Å². The number of nitrogens with one attached hydrogen (secondary N) is 1. The Morgan fingerprint density at radius 2 is 2.29 bits per heavy atom. The molecule has 1 aromatic heterocycles. The number of benzene rings is 1. The molecule has 17 heavy (non-hydrogen) atoms. The summed E-state index contributed by atoms with van der Waals surface area (Å²) >= 11 is 9.87. The summed E-state index contributed by atoms with van der Waals surface area (Å²) in [6.07, 6.45) is 0. The van der Waals surface area contributed by atoms with E-state index in [0.717, 1.165) is 5.69 Å². The summed E-state index contributed by atoms with van der Waals surface area (Å²) in [5.74, 6) is 0.297. The summed E-state index contributed by atoms with van der Waals surface area (Å²) in [7, 11) is 0. The van der Waals surface area contributed by atoms with Crippen molar-refractivity contribution in [1.29, 1.82) is 0 Å². The van der Waals surface area contributed by atoms with Crippen LogP contribution >= 0.6 is 24.4 Å². The van der Waals surface area contributed by atoms with E-state index in [4.69, 9.17) is 11.6 Å². The molecule has 1 N–H and O–H groups in total. The van der Waals surface area contributed by atoms with Crippen LogP contribution in [0.25, 0.3) is 0 Å². The molecule has 0 aliphatic rings. The van der Waals surface area contributed by atoms with Gasteiger partial charge in [0.05, 0.1) is 6.54 Å². The Morgan fingerprint density at radius 3 is 2.88 bits per heavy atom. The molecule has 0 saturated carbocycles. The van der Waals surface area contributed by atoms with Crippen molar-refractivity contribution in [2.75, 3.05) is 4.72 Å². The molecule has 0 amide bonds. The van der Waals surface area contributed by atoms with Crippen molar-refractivity contribution in [3.8, 4) is 0 Å². The number of anilines is 1. The highest BCUT2D eigenvalue weighted by Crippen LogP contribution is 2.21. The number of nitrogens with zero attached hydrogens (tertiary/aromatic N) is 2. The number of rotatable bonds is 3. The van der Waals surface area contributed by atoms with E-state index < -0.39 is 0 Å². The minimum Gasteiger partial charge on any atom is -0.315 e. The van der Waals surface area contributed by atoms with Crippen LogP contribution < -0.4 is 4.72 Å². The van der Waals surface area contributed by atoms with E-state index in [1.54, 1.807) is 16.8 Å². The molecular formula is C11H11ClFN3S. The van der Waals surface area contributed by atoms with Crippen molar-refractivity contribution in [3.05, 3.63) is 46.4 Å². The Bertz CT molecular complexity index is 521. The third-order valence-electron chi connectivity index (χ3n) is 2.47. The van der Waals surface area contributed by atoms with E-state index in [-0.39, 0.29) is 5.82 Å².